The minimum atomic E-state index is -0.496. The van der Waals surface area contributed by atoms with Gasteiger partial charge in [0.1, 0.15) is 16.3 Å². The highest BCUT2D eigenvalue weighted by Gasteiger charge is 2.17. The summed E-state index contributed by atoms with van der Waals surface area (Å²) in [4.78, 5) is 26.1. The van der Waals surface area contributed by atoms with Crippen LogP contribution in [0.5, 0.6) is 5.75 Å². The van der Waals surface area contributed by atoms with Crippen molar-refractivity contribution in [1.82, 2.24) is 30.8 Å². The van der Waals surface area contributed by atoms with E-state index in [9.17, 15) is 9.59 Å². The summed E-state index contributed by atoms with van der Waals surface area (Å²) in [6.07, 6.45) is 0. The zero-order valence-corrected chi connectivity index (χ0v) is 16.8. The second-order valence-electron chi connectivity index (χ2n) is 6.34. The van der Waals surface area contributed by atoms with Crippen LogP contribution in [0.15, 0.2) is 36.4 Å². The Labute approximate surface area is 169 Å². The van der Waals surface area contributed by atoms with Crippen molar-refractivity contribution < 1.29 is 14.3 Å². The van der Waals surface area contributed by atoms with Crippen molar-refractivity contribution >= 4 is 33.4 Å². The first-order valence-corrected chi connectivity index (χ1v) is 9.51. The number of hydrazine groups is 1. The Kier molecular flexibility index (Phi) is 4.77. The van der Waals surface area contributed by atoms with Gasteiger partial charge in [-0.05, 0) is 43.3 Å². The molecular weight excluding hydrogens is 392 g/mol. The van der Waals surface area contributed by atoms with E-state index < -0.39 is 11.8 Å². The van der Waals surface area contributed by atoms with Gasteiger partial charge in [-0.1, -0.05) is 0 Å². The molecule has 4 rings (SSSR count). The molecule has 0 aliphatic carbocycles. The molecule has 29 heavy (non-hydrogen) atoms. The number of methoxy groups -OCH3 is 1. The average Bonchev–Trinajstić information content (AvgIpc) is 3.44. The first-order chi connectivity index (χ1) is 14.0. The second-order valence-corrected chi connectivity index (χ2v) is 7.37. The molecule has 2 amide bonds. The normalized spacial score (nSPS) is 10.9. The van der Waals surface area contributed by atoms with Crippen molar-refractivity contribution in [1.29, 1.82) is 0 Å². The maximum atomic E-state index is 12.4. The Bertz CT molecular complexity index is 1170. The van der Waals surface area contributed by atoms with Crippen LogP contribution in [-0.2, 0) is 7.05 Å². The van der Waals surface area contributed by atoms with Crippen molar-refractivity contribution in [2.24, 2.45) is 7.05 Å². The summed E-state index contributed by atoms with van der Waals surface area (Å²) in [5, 5.41) is 12.0. The minimum absolute atomic E-state index is 0.229. The van der Waals surface area contributed by atoms with E-state index in [-0.39, 0.29) is 5.69 Å². The monoisotopic (exact) mass is 410 g/mol. The lowest BCUT2D eigenvalue weighted by Crippen LogP contribution is -2.41. The Hall–Kier alpha value is -3.66. The maximum absolute atomic E-state index is 12.4. The maximum Gasteiger partial charge on any atom is 0.287 e. The van der Waals surface area contributed by atoms with Crippen molar-refractivity contribution in [2.75, 3.05) is 7.11 Å². The second kappa shape index (κ2) is 7.40. The van der Waals surface area contributed by atoms with Gasteiger partial charge in [0.05, 0.1) is 23.4 Å². The fraction of sp³-hybridized carbons (Fsp3) is 0.158. The number of aryl methyl sites for hydroxylation is 2. The topological polar surface area (TPSA) is 114 Å². The van der Waals surface area contributed by atoms with Crippen molar-refractivity contribution in [3.8, 4) is 17.0 Å². The van der Waals surface area contributed by atoms with Gasteiger partial charge >= 0.3 is 0 Å². The third kappa shape index (κ3) is 3.57. The van der Waals surface area contributed by atoms with E-state index >= 15 is 0 Å². The Balaban J connectivity index is 1.41. The lowest BCUT2D eigenvalue weighted by Gasteiger charge is -2.04. The van der Waals surface area contributed by atoms with E-state index in [0.717, 1.165) is 27.2 Å². The number of benzene rings is 1. The van der Waals surface area contributed by atoms with Crippen LogP contribution in [0.2, 0.25) is 0 Å². The third-order valence-electron chi connectivity index (χ3n) is 4.42. The van der Waals surface area contributed by atoms with Gasteiger partial charge in [0, 0.05) is 18.0 Å². The predicted octanol–water partition coefficient (Wildman–Crippen LogP) is 2.42. The molecule has 0 unspecified atom stereocenters. The highest BCUT2D eigenvalue weighted by molar-refractivity contribution is 7.20. The predicted molar refractivity (Wildman–Crippen MR) is 109 cm³/mol. The zero-order chi connectivity index (χ0) is 20.5. The summed E-state index contributed by atoms with van der Waals surface area (Å²) < 4.78 is 6.86. The van der Waals surface area contributed by atoms with Crippen molar-refractivity contribution in [3.05, 3.63) is 52.7 Å². The highest BCUT2D eigenvalue weighted by atomic mass is 32.1. The average molecular weight is 410 g/mol. The summed E-state index contributed by atoms with van der Waals surface area (Å²) >= 11 is 1.31. The number of fused-ring (bicyclic) bond motifs is 1. The highest BCUT2D eigenvalue weighted by Crippen LogP contribution is 2.27. The SMILES string of the molecule is COc1ccc(-c2cc(C(=O)NNC(=O)c3cc4c(C)nn(C)c4s3)[nH]n2)cc1. The van der Waals surface area contributed by atoms with Crippen LogP contribution in [0.1, 0.15) is 25.9 Å². The molecule has 1 aromatic carbocycles. The number of rotatable bonds is 4. The van der Waals surface area contributed by atoms with Crippen LogP contribution in [-0.4, -0.2) is 38.9 Å². The fourth-order valence-corrected chi connectivity index (χ4v) is 3.93. The number of nitrogens with zero attached hydrogens (tertiary/aromatic N) is 3. The van der Waals surface area contributed by atoms with Crippen LogP contribution >= 0.6 is 11.3 Å². The molecular formula is C19H18N6O3S. The van der Waals surface area contributed by atoms with Gasteiger partial charge in [0.25, 0.3) is 11.8 Å². The van der Waals surface area contributed by atoms with Gasteiger partial charge in [-0.3, -0.25) is 30.2 Å². The molecule has 10 heteroatoms. The third-order valence-corrected chi connectivity index (χ3v) is 5.62. The van der Waals surface area contributed by atoms with Gasteiger partial charge in [-0.2, -0.15) is 10.2 Å². The molecule has 0 aliphatic heterocycles. The summed E-state index contributed by atoms with van der Waals surface area (Å²) in [6, 6.07) is 10.7. The lowest BCUT2D eigenvalue weighted by atomic mass is 10.1. The molecule has 0 fully saturated rings. The summed E-state index contributed by atoms with van der Waals surface area (Å²) in [5.74, 6) is -0.157. The van der Waals surface area contributed by atoms with Gasteiger partial charge in [-0.15, -0.1) is 11.3 Å². The van der Waals surface area contributed by atoms with E-state index in [4.69, 9.17) is 4.74 Å². The molecule has 148 valence electrons. The van der Waals surface area contributed by atoms with Gasteiger partial charge in [0.2, 0.25) is 0 Å². The molecule has 0 bridgehead atoms. The number of hydrogen-bond acceptors (Lipinski definition) is 6. The van der Waals surface area contributed by atoms with Gasteiger partial charge in [0.15, 0.2) is 0 Å². The van der Waals surface area contributed by atoms with Crippen LogP contribution in [0, 0.1) is 6.92 Å². The number of carbonyl (C=O) groups is 2. The number of ether oxygens (including phenoxy) is 1. The molecule has 0 saturated heterocycles. The smallest absolute Gasteiger partial charge is 0.287 e. The van der Waals surface area contributed by atoms with Gasteiger partial charge in [-0.25, -0.2) is 0 Å². The Morgan fingerprint density at radius 3 is 2.55 bits per heavy atom. The van der Waals surface area contributed by atoms with E-state index in [1.807, 2.05) is 38.2 Å². The number of thiophene rings is 1. The van der Waals surface area contributed by atoms with E-state index in [1.54, 1.807) is 23.9 Å². The first kappa shape index (κ1) is 18.7. The number of amides is 2. The lowest BCUT2D eigenvalue weighted by molar-refractivity contribution is 0.0846. The molecule has 0 radical (unpaired) electrons. The van der Waals surface area contributed by atoms with E-state index in [1.165, 1.54) is 11.3 Å². The molecule has 3 heterocycles. The van der Waals surface area contributed by atoms with Gasteiger partial charge < -0.3 is 4.74 Å². The van der Waals surface area contributed by atoms with Crippen molar-refractivity contribution in [2.45, 2.75) is 6.92 Å². The largest absolute Gasteiger partial charge is 0.497 e. The Morgan fingerprint density at radius 1 is 1.14 bits per heavy atom. The Morgan fingerprint density at radius 2 is 1.86 bits per heavy atom. The number of H-pyrrole nitrogens is 1. The molecule has 0 aliphatic rings. The fourth-order valence-electron chi connectivity index (χ4n) is 2.91. The van der Waals surface area contributed by atoms with E-state index in [2.05, 4.69) is 26.1 Å². The molecule has 4 aromatic rings. The first-order valence-electron chi connectivity index (χ1n) is 8.70. The molecule has 9 nitrogen and oxygen atoms in total. The van der Waals surface area contributed by atoms with Crippen molar-refractivity contribution in [3.63, 3.8) is 0 Å². The molecule has 3 N–H and O–H groups in total. The standard InChI is InChI=1S/C19H18N6O3S/c1-10-13-8-16(29-19(13)25(2)24-10)18(27)23-22-17(26)15-9-14(20-21-15)11-4-6-12(28-3)7-5-11/h4-9H,1-3H3,(H,20,21)(H,22,26)(H,23,27). The zero-order valence-electron chi connectivity index (χ0n) is 15.9. The quantitative estimate of drug-likeness (QED) is 0.447. The number of carbonyl (C=O) groups excluding carboxylic acids is 2. The number of aromatic amines is 1. The minimum Gasteiger partial charge on any atom is -0.497 e. The number of nitrogens with one attached hydrogen (secondary N) is 3. The van der Waals surface area contributed by atoms with E-state index in [0.29, 0.717) is 10.6 Å². The number of aromatic nitrogens is 4. The summed E-state index contributed by atoms with van der Waals surface area (Å²) in [6.45, 7) is 1.89. The molecule has 3 aromatic heterocycles. The van der Waals surface area contributed by atoms with Crippen LogP contribution in [0.4, 0.5) is 0 Å². The molecule has 0 spiro atoms. The summed E-state index contributed by atoms with van der Waals surface area (Å²) in [5.41, 5.74) is 7.35. The molecule has 0 atom stereocenters. The van der Waals surface area contributed by atoms with Crippen LogP contribution < -0.4 is 15.6 Å². The van der Waals surface area contributed by atoms with Crippen LogP contribution in [0.3, 0.4) is 0 Å². The van der Waals surface area contributed by atoms with Crippen LogP contribution in [0.25, 0.3) is 21.5 Å². The number of hydrogen-bond donors (Lipinski definition) is 3. The summed E-state index contributed by atoms with van der Waals surface area (Å²) in [7, 11) is 3.42. The molecule has 0 saturated carbocycles.